The maximum Gasteiger partial charge on any atom is 0.173 e. The van der Waals surface area contributed by atoms with Crippen molar-refractivity contribution in [2.75, 3.05) is 0 Å². The van der Waals surface area contributed by atoms with E-state index in [1.54, 1.807) is 30.3 Å². The molecular weight excluding hydrogens is 264 g/mol. The molecule has 3 heteroatoms. The molecule has 0 amide bonds. The van der Waals surface area contributed by atoms with Crippen molar-refractivity contribution >= 4 is 5.78 Å². The number of aryl methyl sites for hydroxylation is 1. The van der Waals surface area contributed by atoms with Crippen LogP contribution in [-0.4, -0.2) is 22.1 Å². The molecule has 3 nitrogen and oxygen atoms in total. The molecule has 0 saturated carbocycles. The molecule has 0 aromatic heterocycles. The zero-order valence-corrected chi connectivity index (χ0v) is 12.1. The van der Waals surface area contributed by atoms with Crippen LogP contribution < -0.4 is 0 Å². The Labute approximate surface area is 124 Å². The van der Waals surface area contributed by atoms with Gasteiger partial charge < -0.3 is 10.2 Å². The molecule has 0 spiro atoms. The van der Waals surface area contributed by atoms with Crippen molar-refractivity contribution in [2.45, 2.75) is 31.5 Å². The molecule has 2 aromatic rings. The van der Waals surface area contributed by atoms with Gasteiger partial charge in [-0.3, -0.25) is 4.79 Å². The highest BCUT2D eigenvalue weighted by atomic mass is 16.3. The number of hydrogen-bond acceptors (Lipinski definition) is 3. The van der Waals surface area contributed by atoms with E-state index in [1.165, 1.54) is 6.92 Å². The van der Waals surface area contributed by atoms with Gasteiger partial charge in [0.15, 0.2) is 11.4 Å². The minimum Gasteiger partial charge on any atom is -0.389 e. The topological polar surface area (TPSA) is 57.5 Å². The molecule has 2 atom stereocenters. The van der Waals surface area contributed by atoms with Gasteiger partial charge in [-0.1, -0.05) is 60.7 Å². The summed E-state index contributed by atoms with van der Waals surface area (Å²) < 4.78 is 0. The fourth-order valence-corrected chi connectivity index (χ4v) is 2.48. The second kappa shape index (κ2) is 6.66. The molecule has 110 valence electrons. The molecular formula is C18H20O3. The molecule has 2 aromatic carbocycles. The smallest absolute Gasteiger partial charge is 0.173 e. The van der Waals surface area contributed by atoms with Crippen LogP contribution in [-0.2, 0) is 16.8 Å². The molecule has 0 aliphatic carbocycles. The van der Waals surface area contributed by atoms with Gasteiger partial charge in [-0.25, -0.2) is 0 Å². The Bertz CT molecular complexity index is 580. The lowest BCUT2D eigenvalue weighted by Gasteiger charge is -2.31. The van der Waals surface area contributed by atoms with Gasteiger partial charge in [-0.15, -0.1) is 0 Å². The Morgan fingerprint density at radius 3 is 2.10 bits per heavy atom. The summed E-state index contributed by atoms with van der Waals surface area (Å²) in [6, 6.07) is 18.3. The molecule has 0 saturated heterocycles. The molecule has 0 aliphatic heterocycles. The van der Waals surface area contributed by atoms with Gasteiger partial charge in [-0.2, -0.15) is 0 Å². The first-order valence-electron chi connectivity index (χ1n) is 7.06. The van der Waals surface area contributed by atoms with E-state index in [0.29, 0.717) is 18.4 Å². The summed E-state index contributed by atoms with van der Waals surface area (Å²) in [4.78, 5) is 11.9. The van der Waals surface area contributed by atoms with Crippen molar-refractivity contribution in [1.82, 2.24) is 0 Å². The first-order valence-corrected chi connectivity index (χ1v) is 7.06. The first-order chi connectivity index (χ1) is 10.0. The summed E-state index contributed by atoms with van der Waals surface area (Å²) in [5.41, 5.74) is -0.357. The maximum absolute atomic E-state index is 11.9. The average molecular weight is 284 g/mol. The summed E-state index contributed by atoms with van der Waals surface area (Å²) in [6.45, 7) is 1.30. The van der Waals surface area contributed by atoms with Crippen molar-refractivity contribution in [3.05, 3.63) is 71.8 Å². The third-order valence-corrected chi connectivity index (χ3v) is 3.78. The van der Waals surface area contributed by atoms with Gasteiger partial charge in [0.05, 0.1) is 6.10 Å². The van der Waals surface area contributed by atoms with Crippen LogP contribution >= 0.6 is 0 Å². The molecule has 2 N–H and O–H groups in total. The Hall–Kier alpha value is -1.97. The average Bonchev–Trinajstić information content (AvgIpc) is 2.53. The van der Waals surface area contributed by atoms with Crippen LogP contribution in [0.4, 0.5) is 0 Å². The summed E-state index contributed by atoms with van der Waals surface area (Å²) in [5, 5.41) is 21.1. The molecule has 2 rings (SSSR count). The van der Waals surface area contributed by atoms with Crippen LogP contribution in [0.25, 0.3) is 0 Å². The number of carbonyl (C=O) groups excluding carboxylic acids is 1. The van der Waals surface area contributed by atoms with E-state index in [0.717, 1.165) is 5.56 Å². The van der Waals surface area contributed by atoms with Crippen molar-refractivity contribution in [3.8, 4) is 0 Å². The van der Waals surface area contributed by atoms with E-state index in [-0.39, 0.29) is 0 Å². The zero-order valence-electron chi connectivity index (χ0n) is 12.1. The molecule has 21 heavy (non-hydrogen) atoms. The fraction of sp³-hybridized carbons (Fsp3) is 0.278. The number of ketones is 1. The summed E-state index contributed by atoms with van der Waals surface area (Å²) in [6.07, 6.45) is -0.225. The van der Waals surface area contributed by atoms with Crippen LogP contribution in [0.5, 0.6) is 0 Å². The Kier molecular flexibility index (Phi) is 4.89. The quantitative estimate of drug-likeness (QED) is 0.856. The van der Waals surface area contributed by atoms with Gasteiger partial charge in [0.1, 0.15) is 0 Å². The summed E-state index contributed by atoms with van der Waals surface area (Å²) in [5.74, 6) is -0.450. The SMILES string of the molecule is CC(=O)C(O)(c1ccccc1)C(O)CCc1ccccc1. The number of aliphatic hydroxyl groups is 2. The molecule has 2 unspecified atom stereocenters. The zero-order chi connectivity index (χ0) is 15.3. The number of aliphatic hydroxyl groups excluding tert-OH is 1. The van der Waals surface area contributed by atoms with E-state index in [9.17, 15) is 15.0 Å². The number of benzene rings is 2. The second-order valence-electron chi connectivity index (χ2n) is 5.23. The van der Waals surface area contributed by atoms with E-state index in [2.05, 4.69) is 0 Å². The lowest BCUT2D eigenvalue weighted by Crippen LogP contribution is -2.45. The normalized spacial score (nSPS) is 15.2. The largest absolute Gasteiger partial charge is 0.389 e. The summed E-state index contributed by atoms with van der Waals surface area (Å²) >= 11 is 0. The highest BCUT2D eigenvalue weighted by molar-refractivity contribution is 5.86. The van der Waals surface area contributed by atoms with E-state index < -0.39 is 17.5 Å². The standard InChI is InChI=1S/C18H20O3/c1-14(19)18(21,16-10-6-3-7-11-16)17(20)13-12-15-8-4-2-5-9-15/h2-11,17,20-21H,12-13H2,1H3. The van der Waals surface area contributed by atoms with Gasteiger partial charge in [0.25, 0.3) is 0 Å². The van der Waals surface area contributed by atoms with E-state index in [4.69, 9.17) is 0 Å². The number of hydrogen-bond donors (Lipinski definition) is 2. The summed E-state index contributed by atoms with van der Waals surface area (Å²) in [7, 11) is 0. The lowest BCUT2D eigenvalue weighted by molar-refractivity contribution is -0.150. The van der Waals surface area contributed by atoms with Crippen molar-refractivity contribution in [3.63, 3.8) is 0 Å². The Morgan fingerprint density at radius 1 is 1.05 bits per heavy atom. The molecule has 0 aliphatic rings. The number of Topliss-reactive ketones (excluding diaryl/α,β-unsaturated/α-hetero) is 1. The highest BCUT2D eigenvalue weighted by Crippen LogP contribution is 2.28. The van der Waals surface area contributed by atoms with Crippen LogP contribution in [0, 0.1) is 0 Å². The van der Waals surface area contributed by atoms with Crippen molar-refractivity contribution in [1.29, 1.82) is 0 Å². The number of carbonyl (C=O) groups is 1. The molecule has 0 bridgehead atoms. The van der Waals surface area contributed by atoms with Crippen LogP contribution in [0.3, 0.4) is 0 Å². The van der Waals surface area contributed by atoms with Gasteiger partial charge >= 0.3 is 0 Å². The van der Waals surface area contributed by atoms with E-state index in [1.807, 2.05) is 30.3 Å². The second-order valence-corrected chi connectivity index (χ2v) is 5.23. The fourth-order valence-electron chi connectivity index (χ4n) is 2.48. The molecule has 0 heterocycles. The third-order valence-electron chi connectivity index (χ3n) is 3.78. The minimum atomic E-state index is -1.85. The third kappa shape index (κ3) is 3.38. The minimum absolute atomic E-state index is 0.314. The predicted molar refractivity (Wildman–Crippen MR) is 81.8 cm³/mol. The molecule has 0 radical (unpaired) electrons. The highest BCUT2D eigenvalue weighted by Gasteiger charge is 2.41. The maximum atomic E-state index is 11.9. The van der Waals surface area contributed by atoms with Gasteiger partial charge in [0, 0.05) is 0 Å². The van der Waals surface area contributed by atoms with E-state index >= 15 is 0 Å². The monoisotopic (exact) mass is 284 g/mol. The van der Waals surface area contributed by atoms with Gasteiger partial charge in [-0.05, 0) is 30.9 Å². The van der Waals surface area contributed by atoms with Crippen LogP contribution in [0.15, 0.2) is 60.7 Å². The van der Waals surface area contributed by atoms with Crippen molar-refractivity contribution < 1.29 is 15.0 Å². The van der Waals surface area contributed by atoms with Crippen molar-refractivity contribution in [2.24, 2.45) is 0 Å². The van der Waals surface area contributed by atoms with Gasteiger partial charge in [0.2, 0.25) is 0 Å². The lowest BCUT2D eigenvalue weighted by atomic mass is 9.82. The van der Waals surface area contributed by atoms with Crippen LogP contribution in [0.1, 0.15) is 24.5 Å². The molecule has 0 fully saturated rings. The predicted octanol–water partition coefficient (Wildman–Crippen LogP) is 2.46. The first kappa shape index (κ1) is 15.4. The number of rotatable bonds is 6. The Balaban J connectivity index is 2.17. The van der Waals surface area contributed by atoms with Crippen LogP contribution in [0.2, 0.25) is 0 Å². The Morgan fingerprint density at radius 2 is 1.57 bits per heavy atom.